The molecule has 1 saturated heterocycles. The van der Waals surface area contributed by atoms with Crippen molar-refractivity contribution in [3.63, 3.8) is 0 Å². The molecular weight excluding hydrogens is 688 g/mol. The lowest BCUT2D eigenvalue weighted by Crippen LogP contribution is -2.41. The fourth-order valence-corrected chi connectivity index (χ4v) is 8.15. The maximum atomic E-state index is 13.1. The number of rotatable bonds is 9. The van der Waals surface area contributed by atoms with Gasteiger partial charge in [0.25, 0.3) is 0 Å². The number of nitrogens with zero attached hydrogens (tertiary/aromatic N) is 1. The zero-order valence-electron chi connectivity index (χ0n) is 25.3. The molecule has 10 nitrogen and oxygen atoms in total. The van der Waals surface area contributed by atoms with Gasteiger partial charge in [-0.15, -0.1) is 11.3 Å². The van der Waals surface area contributed by atoms with Crippen molar-refractivity contribution in [3.05, 3.63) is 32.7 Å². The van der Waals surface area contributed by atoms with Crippen LogP contribution in [0.3, 0.4) is 0 Å². The van der Waals surface area contributed by atoms with Gasteiger partial charge in [-0.3, -0.25) is 0 Å². The van der Waals surface area contributed by atoms with Gasteiger partial charge in [-0.2, -0.15) is 13.2 Å². The van der Waals surface area contributed by atoms with Crippen LogP contribution in [0.25, 0.3) is 0 Å². The number of sulfonamides is 1. The molecule has 3 N–H and O–H groups in total. The molecule has 1 aromatic carbocycles. The number of amides is 1. The monoisotopic (exact) mass is 724 g/mol. The lowest BCUT2D eigenvalue weighted by Gasteiger charge is -2.32. The first-order valence-electron chi connectivity index (χ1n) is 14.3. The van der Waals surface area contributed by atoms with E-state index in [1.807, 2.05) is 27.7 Å². The van der Waals surface area contributed by atoms with E-state index in [0.717, 1.165) is 11.3 Å². The molecule has 1 amide bonds. The minimum Gasteiger partial charge on any atom is -0.426 e. The molecule has 1 aliphatic carbocycles. The van der Waals surface area contributed by atoms with Gasteiger partial charge in [0.05, 0.1) is 21.1 Å². The Bertz CT molecular complexity index is 1450. The van der Waals surface area contributed by atoms with Gasteiger partial charge < -0.3 is 24.7 Å². The van der Waals surface area contributed by atoms with Crippen LogP contribution >= 0.6 is 27.3 Å². The quantitative estimate of drug-likeness (QED) is 0.221. The maximum absolute atomic E-state index is 13.1. The van der Waals surface area contributed by atoms with Gasteiger partial charge in [0.1, 0.15) is 3.79 Å². The number of alkyl carbamates (subject to hydrolysis) is 1. The number of hydrogen-bond acceptors (Lipinski definition) is 9. The highest BCUT2D eigenvalue weighted by atomic mass is 79.9. The predicted octanol–water partition coefficient (Wildman–Crippen LogP) is 5.73. The van der Waals surface area contributed by atoms with E-state index in [1.165, 1.54) is 6.07 Å². The number of benzene rings is 1. The van der Waals surface area contributed by atoms with Crippen LogP contribution < -0.4 is 20.8 Å². The smallest absolute Gasteiger partial charge is 0.426 e. The van der Waals surface area contributed by atoms with E-state index in [4.69, 9.17) is 14.0 Å². The molecule has 0 bridgehead atoms. The van der Waals surface area contributed by atoms with E-state index in [2.05, 4.69) is 36.3 Å². The van der Waals surface area contributed by atoms with Gasteiger partial charge in [0, 0.05) is 29.7 Å². The number of thiazole rings is 1. The minimum absolute atomic E-state index is 0.0223. The van der Waals surface area contributed by atoms with Crippen LogP contribution in [0, 0.1) is 0 Å². The molecule has 4 rings (SSSR count). The van der Waals surface area contributed by atoms with Crippen LogP contribution in [0.15, 0.2) is 26.9 Å². The molecule has 1 atom stereocenters. The minimum atomic E-state index is -4.52. The highest BCUT2D eigenvalue weighted by molar-refractivity contribution is 9.11. The number of aromatic nitrogens is 1. The Morgan fingerprint density at radius 3 is 2.34 bits per heavy atom. The Morgan fingerprint density at radius 1 is 1.18 bits per heavy atom. The van der Waals surface area contributed by atoms with E-state index >= 15 is 0 Å². The summed E-state index contributed by atoms with van der Waals surface area (Å²) in [4.78, 5) is 16.4. The average molecular weight is 725 g/mol. The first-order valence-corrected chi connectivity index (χ1v) is 17.4. The molecule has 44 heavy (non-hydrogen) atoms. The van der Waals surface area contributed by atoms with Crippen LogP contribution in [-0.4, -0.2) is 56.6 Å². The Hall–Kier alpha value is -1.92. The summed E-state index contributed by atoms with van der Waals surface area (Å²) in [6, 6.07) is 4.51. The highest BCUT2D eigenvalue weighted by Crippen LogP contribution is 2.43. The number of carbonyl (C=O) groups excluding carboxylic acids is 1. The van der Waals surface area contributed by atoms with Crippen molar-refractivity contribution in [1.82, 2.24) is 15.0 Å². The SMILES string of the molecule is CCNS(=O)(=O)c1cc(NC(C)OC(=O)NC2CCC(c3nc(C(F)(F)F)c(Br)s3)CC2)ccc1B1OC(C)(C)C(C)(C)O1. The van der Waals surface area contributed by atoms with E-state index in [-0.39, 0.29) is 27.2 Å². The van der Waals surface area contributed by atoms with Gasteiger partial charge in [-0.25, -0.2) is 22.9 Å². The Labute approximate surface area is 268 Å². The average Bonchev–Trinajstić information content (AvgIpc) is 3.39. The number of ether oxygens (including phenoxy) is 1. The first kappa shape index (κ1) is 34.9. The van der Waals surface area contributed by atoms with Gasteiger partial charge in [0.15, 0.2) is 11.9 Å². The molecule has 2 aliphatic rings. The van der Waals surface area contributed by atoms with Gasteiger partial charge in [-0.05, 0) is 88.4 Å². The van der Waals surface area contributed by atoms with E-state index in [9.17, 15) is 26.4 Å². The normalized spacial score (nSPS) is 22.5. The van der Waals surface area contributed by atoms with Crippen molar-refractivity contribution in [1.29, 1.82) is 0 Å². The third-order valence-corrected chi connectivity index (χ3v) is 11.5. The second kappa shape index (κ2) is 13.1. The summed E-state index contributed by atoms with van der Waals surface area (Å²) in [5, 5.41) is 6.25. The van der Waals surface area contributed by atoms with Crippen molar-refractivity contribution in [2.75, 3.05) is 11.9 Å². The van der Waals surface area contributed by atoms with Crippen molar-refractivity contribution in [2.24, 2.45) is 0 Å². The number of anilines is 1. The van der Waals surface area contributed by atoms with E-state index in [0.29, 0.717) is 41.8 Å². The standard InChI is InChI=1S/C27H37BBrF3N4O6S2/c1-7-33-44(38,39)20-14-18(12-13-19(20)28-41-25(3,4)26(5,6)42-28)34-15(2)40-24(37)35-17-10-8-16(9-11-17)23-36-21(22(29)43-23)27(30,31)32/h12-17,33-34H,7-11H2,1-6H3,(H,35,37). The molecular formula is C27H37BBrF3N4O6S2. The van der Waals surface area contributed by atoms with Crippen LogP contribution in [0.4, 0.5) is 23.7 Å². The van der Waals surface area contributed by atoms with Crippen LogP contribution in [0.2, 0.25) is 0 Å². The fourth-order valence-electron chi connectivity index (χ4n) is 5.07. The molecule has 2 aromatic rings. The zero-order chi connectivity index (χ0) is 32.7. The summed E-state index contributed by atoms with van der Waals surface area (Å²) in [6.07, 6.45) is -3.73. The van der Waals surface area contributed by atoms with Crippen LogP contribution in [0.5, 0.6) is 0 Å². The molecule has 0 spiro atoms. The molecule has 1 unspecified atom stereocenters. The van der Waals surface area contributed by atoms with Crippen LogP contribution in [-0.2, 0) is 30.2 Å². The summed E-state index contributed by atoms with van der Waals surface area (Å²) >= 11 is 3.96. The topological polar surface area (TPSA) is 128 Å². The number of hydrogen-bond donors (Lipinski definition) is 3. The Morgan fingerprint density at radius 2 is 1.80 bits per heavy atom. The summed E-state index contributed by atoms with van der Waals surface area (Å²) in [6.45, 7) is 11.0. The van der Waals surface area contributed by atoms with Crippen molar-refractivity contribution in [2.45, 2.75) is 108 Å². The molecule has 2 heterocycles. The third kappa shape index (κ3) is 7.89. The van der Waals surface area contributed by atoms with Crippen molar-refractivity contribution in [3.8, 4) is 0 Å². The largest absolute Gasteiger partial charge is 0.496 e. The Kier molecular flexibility index (Phi) is 10.4. The molecule has 1 saturated carbocycles. The lowest BCUT2D eigenvalue weighted by atomic mass is 9.79. The molecule has 17 heteroatoms. The van der Waals surface area contributed by atoms with Crippen LogP contribution in [0.1, 0.15) is 83.8 Å². The summed E-state index contributed by atoms with van der Waals surface area (Å²) in [7, 11) is -4.83. The highest BCUT2D eigenvalue weighted by Gasteiger charge is 2.53. The van der Waals surface area contributed by atoms with Crippen molar-refractivity contribution >= 4 is 61.7 Å². The second-order valence-corrected chi connectivity index (χ2v) is 16.0. The number of carbonyl (C=O) groups is 1. The molecule has 1 aliphatic heterocycles. The Balaban J connectivity index is 1.36. The molecule has 2 fully saturated rings. The van der Waals surface area contributed by atoms with E-state index in [1.54, 1.807) is 26.0 Å². The van der Waals surface area contributed by atoms with Gasteiger partial charge in [-0.1, -0.05) is 13.0 Å². The number of nitrogens with one attached hydrogen (secondary N) is 3. The lowest BCUT2D eigenvalue weighted by molar-refractivity contribution is -0.141. The molecule has 1 aromatic heterocycles. The molecule has 0 radical (unpaired) electrons. The van der Waals surface area contributed by atoms with Gasteiger partial charge in [0.2, 0.25) is 10.0 Å². The zero-order valence-corrected chi connectivity index (χ0v) is 28.5. The maximum Gasteiger partial charge on any atom is 0.496 e. The third-order valence-electron chi connectivity index (χ3n) is 8.07. The molecule has 244 valence electrons. The predicted molar refractivity (Wildman–Crippen MR) is 166 cm³/mol. The second-order valence-electron chi connectivity index (χ2n) is 11.9. The summed E-state index contributed by atoms with van der Waals surface area (Å²) < 4.78 is 85.8. The van der Waals surface area contributed by atoms with Gasteiger partial charge >= 0.3 is 19.4 Å². The summed E-state index contributed by atoms with van der Waals surface area (Å²) in [5.41, 5.74) is -1.50. The number of alkyl halides is 3. The fraction of sp³-hybridized carbons (Fsp3) is 0.630. The summed E-state index contributed by atoms with van der Waals surface area (Å²) in [5.74, 6) is -0.116. The first-order chi connectivity index (χ1) is 20.3. The van der Waals surface area contributed by atoms with E-state index < -0.39 is 52.5 Å². The van der Waals surface area contributed by atoms with Crippen molar-refractivity contribution < 1.29 is 40.4 Å². The number of halogens is 4.